The van der Waals surface area contributed by atoms with E-state index in [4.69, 9.17) is 19.9 Å². The van der Waals surface area contributed by atoms with Gasteiger partial charge < -0.3 is 13.7 Å². The van der Waals surface area contributed by atoms with E-state index in [2.05, 4.69) is 352 Å². The topological polar surface area (TPSA) is 90.0 Å². The summed E-state index contributed by atoms with van der Waals surface area (Å²) in [5.74, 6) is 3.47. The standard InChI is InChI=1S/C96H54N12S2/c1-2-20-57(21-3-1)102-74-29-10-6-25-63(74)66-40-44-84-87(89(66)102)100-96-107(84)81-35-16-17-36-82(81)108(96)94-92-69(48-50-98-94)71-53-59(38-45-85(71)110-92)101-73-28-9-8-27-65(73)70-52-56(37-42-78(70)101)55-19-18-22-58(51-55)104-79-33-14-15-34-80(79)106-83-43-41-67-64-26-7-11-30-75(64)103(90(67)88(83)99-95(104)106)60-39-46-86-72(54-60)68-47-49-97-93(91(68)109-86)105-76-31-12-4-23-61(76)62-24-5-13-32-77(62)105/h1-54H. The van der Waals surface area contributed by atoms with Gasteiger partial charge in [0.15, 0.2) is 11.6 Å². The van der Waals surface area contributed by atoms with Crippen LogP contribution in [0.4, 0.5) is 0 Å². The Hall–Kier alpha value is -14.4. The van der Waals surface area contributed by atoms with Gasteiger partial charge in [0.25, 0.3) is 0 Å². The molecule has 0 fully saturated rings. The molecule has 0 bridgehead atoms. The molecule has 0 radical (unpaired) electrons. The molecule has 0 spiro atoms. The van der Waals surface area contributed by atoms with E-state index in [0.29, 0.717) is 0 Å². The minimum Gasteiger partial charge on any atom is -0.309 e. The van der Waals surface area contributed by atoms with E-state index in [-0.39, 0.29) is 0 Å². The normalized spacial score (nSPS) is 12.5. The number of pyridine rings is 2. The molecule has 14 aromatic carbocycles. The lowest BCUT2D eigenvalue weighted by atomic mass is 10.0. The van der Waals surface area contributed by atoms with E-state index in [9.17, 15) is 0 Å². The predicted molar refractivity (Wildman–Crippen MR) is 457 cm³/mol. The molecule has 0 aliphatic rings. The first-order valence-electron chi connectivity index (χ1n) is 37.1. The highest BCUT2D eigenvalue weighted by Gasteiger charge is 2.28. The molecule has 0 aliphatic carbocycles. The molecule has 26 aromatic rings. The lowest BCUT2D eigenvalue weighted by Gasteiger charge is -2.10. The van der Waals surface area contributed by atoms with E-state index in [1.165, 1.54) is 63.3 Å². The molecule has 0 N–H and O–H groups in total. The summed E-state index contributed by atoms with van der Waals surface area (Å²) in [7, 11) is 0. The molecule has 26 rings (SSSR count). The second-order valence-electron chi connectivity index (χ2n) is 28.9. The van der Waals surface area contributed by atoms with Crippen molar-refractivity contribution < 1.29 is 0 Å². The SMILES string of the molecule is c1ccc(-n2c3ccccc3c3ccc4c(nc5n(-c6nccc7c6sc6ccc(-n8c9ccccc9c9cc(-c%10cccc(-n%11c%12ccccc%12n%12c%13ccc%14c%15ccccc%15n(-c%15ccc%16sc%17c(-n%18c%19ccccc%19c%19ccccc%19%18)nccc%17c%16c%15)c%14c%13nc%11%12)c%10)ccc98)cc67)c6ccccc6n45)c32)cc1. The van der Waals surface area contributed by atoms with Crippen molar-refractivity contribution in [3.05, 3.63) is 328 Å². The lowest BCUT2D eigenvalue weighted by molar-refractivity contribution is 1.06. The quantitative estimate of drug-likeness (QED) is 0.159. The van der Waals surface area contributed by atoms with Crippen LogP contribution in [0.15, 0.2) is 328 Å². The van der Waals surface area contributed by atoms with Gasteiger partial charge in [-0.1, -0.05) is 152 Å². The summed E-state index contributed by atoms with van der Waals surface area (Å²) in [6.07, 6.45) is 3.95. The van der Waals surface area contributed by atoms with Gasteiger partial charge in [-0.3, -0.25) is 22.5 Å². The molecule has 0 unspecified atom stereocenters. The van der Waals surface area contributed by atoms with Crippen LogP contribution in [0.1, 0.15) is 0 Å². The first-order chi connectivity index (χ1) is 54.6. The first kappa shape index (κ1) is 58.8. The van der Waals surface area contributed by atoms with Gasteiger partial charge in [0.1, 0.15) is 11.0 Å². The van der Waals surface area contributed by atoms with Crippen LogP contribution in [0.25, 0.3) is 229 Å². The van der Waals surface area contributed by atoms with Gasteiger partial charge in [-0.25, -0.2) is 19.9 Å². The number of hydrogen-bond acceptors (Lipinski definition) is 6. The van der Waals surface area contributed by atoms with Crippen LogP contribution in [-0.2, 0) is 0 Å². The Morgan fingerprint density at radius 3 is 1.18 bits per heavy atom. The number of fused-ring (bicyclic) bond motifs is 30. The van der Waals surface area contributed by atoms with Crippen molar-refractivity contribution >= 4 is 206 Å². The van der Waals surface area contributed by atoms with E-state index < -0.39 is 0 Å². The highest BCUT2D eigenvalue weighted by atomic mass is 32.1. The molecule has 0 saturated carbocycles. The Balaban J connectivity index is 0.595. The molecule has 0 amide bonds. The van der Waals surface area contributed by atoms with Gasteiger partial charge in [0.2, 0.25) is 11.6 Å². The van der Waals surface area contributed by atoms with E-state index in [1.54, 1.807) is 11.3 Å². The third kappa shape index (κ3) is 7.75. The molecule has 110 heavy (non-hydrogen) atoms. The minimum atomic E-state index is 0.820. The Kier molecular flexibility index (Phi) is 11.6. The summed E-state index contributed by atoms with van der Waals surface area (Å²) < 4.78 is 23.6. The number of imidazole rings is 4. The Bertz CT molecular complexity index is 8520. The predicted octanol–water partition coefficient (Wildman–Crippen LogP) is 24.8. The smallest absolute Gasteiger partial charge is 0.222 e. The molecule has 510 valence electrons. The monoisotopic (exact) mass is 1440 g/mol. The summed E-state index contributed by atoms with van der Waals surface area (Å²) >= 11 is 3.60. The first-order valence-corrected chi connectivity index (χ1v) is 38.7. The highest BCUT2D eigenvalue weighted by Crippen LogP contribution is 2.47. The Morgan fingerprint density at radius 1 is 0.218 bits per heavy atom. The maximum Gasteiger partial charge on any atom is 0.222 e. The van der Waals surface area contributed by atoms with E-state index in [0.717, 1.165) is 166 Å². The summed E-state index contributed by atoms with van der Waals surface area (Å²) in [5, 5.41) is 14.2. The van der Waals surface area contributed by atoms with Gasteiger partial charge in [0, 0.05) is 109 Å². The summed E-state index contributed by atoms with van der Waals surface area (Å²) in [5.41, 5.74) is 23.8. The maximum atomic E-state index is 5.83. The molecular weight excluding hydrogens is 1390 g/mol. The molecular formula is C96H54N12S2. The van der Waals surface area contributed by atoms with Crippen molar-refractivity contribution in [3.8, 4) is 45.5 Å². The summed E-state index contributed by atoms with van der Waals surface area (Å²) in [6, 6.07) is 115. The number of rotatable bonds is 7. The van der Waals surface area contributed by atoms with Crippen LogP contribution >= 0.6 is 22.7 Å². The third-order valence-electron chi connectivity index (χ3n) is 23.4. The molecule has 0 aliphatic heterocycles. The van der Waals surface area contributed by atoms with Crippen molar-refractivity contribution in [1.82, 2.24) is 56.1 Å². The van der Waals surface area contributed by atoms with E-state index >= 15 is 0 Å². The maximum absolute atomic E-state index is 5.83. The zero-order valence-electron chi connectivity index (χ0n) is 58.4. The van der Waals surface area contributed by atoms with Gasteiger partial charge in [0.05, 0.1) is 86.6 Å². The van der Waals surface area contributed by atoms with Gasteiger partial charge in [-0.2, -0.15) is 0 Å². The molecule has 12 heterocycles. The summed E-state index contributed by atoms with van der Waals surface area (Å²) in [4.78, 5) is 21.9. The molecule has 14 heteroatoms. The molecule has 12 aromatic heterocycles. The largest absolute Gasteiger partial charge is 0.309 e. The fraction of sp³-hybridized carbons (Fsp3) is 0. The minimum absolute atomic E-state index is 0.820. The van der Waals surface area contributed by atoms with Crippen LogP contribution in [0, 0.1) is 0 Å². The van der Waals surface area contributed by atoms with Crippen molar-refractivity contribution in [2.75, 3.05) is 0 Å². The lowest BCUT2D eigenvalue weighted by Crippen LogP contribution is -1.98. The van der Waals surface area contributed by atoms with E-state index in [1.807, 2.05) is 23.7 Å². The number of thiophene rings is 2. The molecule has 12 nitrogen and oxygen atoms in total. The number of aromatic nitrogens is 12. The van der Waals surface area contributed by atoms with Crippen LogP contribution in [0.3, 0.4) is 0 Å². The Morgan fingerprint density at radius 2 is 0.618 bits per heavy atom. The highest BCUT2D eigenvalue weighted by molar-refractivity contribution is 7.26. The van der Waals surface area contributed by atoms with Gasteiger partial charge in [-0.05, 0) is 175 Å². The molecule has 0 atom stereocenters. The van der Waals surface area contributed by atoms with Crippen LogP contribution in [-0.4, -0.2) is 56.1 Å². The van der Waals surface area contributed by atoms with Gasteiger partial charge in [-0.15, -0.1) is 22.7 Å². The average Bonchev–Trinajstić information content (AvgIpc) is 1.53. The van der Waals surface area contributed by atoms with Crippen LogP contribution in [0.5, 0.6) is 0 Å². The van der Waals surface area contributed by atoms with Crippen LogP contribution in [0.2, 0.25) is 0 Å². The second-order valence-corrected chi connectivity index (χ2v) is 31.0. The summed E-state index contributed by atoms with van der Waals surface area (Å²) in [6.45, 7) is 0. The zero-order valence-corrected chi connectivity index (χ0v) is 60.0. The fourth-order valence-corrected chi connectivity index (χ4v) is 21.1. The van der Waals surface area contributed by atoms with Crippen molar-refractivity contribution in [2.45, 2.75) is 0 Å². The number of hydrogen-bond donors (Lipinski definition) is 0. The zero-order chi connectivity index (χ0) is 71.3. The van der Waals surface area contributed by atoms with Crippen molar-refractivity contribution in [2.24, 2.45) is 0 Å². The average molecular weight is 1440 g/mol. The number of para-hydroxylation sites is 10. The third-order valence-corrected chi connectivity index (χ3v) is 25.7. The van der Waals surface area contributed by atoms with Crippen LogP contribution < -0.4 is 0 Å². The second kappa shape index (κ2) is 21.6. The number of nitrogens with zero attached hydrogens (tertiary/aromatic N) is 12. The van der Waals surface area contributed by atoms with Gasteiger partial charge >= 0.3 is 0 Å². The fourth-order valence-electron chi connectivity index (χ4n) is 18.8. The Labute approximate surface area is 631 Å². The van der Waals surface area contributed by atoms with Crippen molar-refractivity contribution in [3.63, 3.8) is 0 Å². The van der Waals surface area contributed by atoms with Crippen molar-refractivity contribution in [1.29, 1.82) is 0 Å². The number of benzene rings is 14. The molecule has 0 saturated heterocycles.